The summed E-state index contributed by atoms with van der Waals surface area (Å²) in [6.07, 6.45) is 1.56. The van der Waals surface area contributed by atoms with Crippen molar-refractivity contribution in [1.82, 2.24) is 15.0 Å². The van der Waals surface area contributed by atoms with Gasteiger partial charge in [-0.15, -0.1) is 0 Å². The van der Waals surface area contributed by atoms with E-state index in [-0.39, 0.29) is 11.8 Å². The van der Waals surface area contributed by atoms with Crippen LogP contribution in [-0.4, -0.2) is 15.0 Å². The SMILES string of the molecule is Cc1cc(-c2nc3cnc(Oc4ccc5ccccc5c4)nc3o2)cc(C)c1[O]. The number of hydrogen-bond acceptors (Lipinski definition) is 5. The summed E-state index contributed by atoms with van der Waals surface area (Å²) < 4.78 is 11.6. The van der Waals surface area contributed by atoms with Crippen LogP contribution in [0.3, 0.4) is 0 Å². The lowest BCUT2D eigenvalue weighted by molar-refractivity contribution is 0.348. The van der Waals surface area contributed by atoms with Crippen molar-refractivity contribution in [1.29, 1.82) is 0 Å². The first kappa shape index (κ1) is 17.2. The van der Waals surface area contributed by atoms with E-state index in [2.05, 4.69) is 15.0 Å². The van der Waals surface area contributed by atoms with E-state index in [1.54, 1.807) is 32.2 Å². The lowest BCUT2D eigenvalue weighted by Gasteiger charge is -2.04. The van der Waals surface area contributed by atoms with E-state index in [1.807, 2.05) is 42.5 Å². The Bertz CT molecular complexity index is 1350. The van der Waals surface area contributed by atoms with Gasteiger partial charge in [-0.25, -0.2) is 9.97 Å². The zero-order valence-electron chi connectivity index (χ0n) is 15.8. The number of benzene rings is 3. The fraction of sp³-hybridized carbons (Fsp3) is 0.0870. The normalized spacial score (nSPS) is 11.2. The van der Waals surface area contributed by atoms with Crippen molar-refractivity contribution in [2.75, 3.05) is 0 Å². The molecule has 2 aromatic heterocycles. The van der Waals surface area contributed by atoms with E-state index in [0.717, 1.165) is 16.3 Å². The van der Waals surface area contributed by atoms with Crippen molar-refractivity contribution in [2.45, 2.75) is 13.8 Å². The first-order chi connectivity index (χ1) is 14.1. The highest BCUT2D eigenvalue weighted by Crippen LogP contribution is 2.31. The van der Waals surface area contributed by atoms with Gasteiger partial charge in [0.05, 0.1) is 6.20 Å². The fourth-order valence-corrected chi connectivity index (χ4v) is 3.30. The Balaban J connectivity index is 1.49. The van der Waals surface area contributed by atoms with Crippen molar-refractivity contribution in [3.05, 3.63) is 71.9 Å². The molecule has 0 saturated carbocycles. The quantitative estimate of drug-likeness (QED) is 0.383. The van der Waals surface area contributed by atoms with Gasteiger partial charge in [0.25, 0.3) is 5.71 Å². The number of rotatable bonds is 3. The molecule has 6 heteroatoms. The number of hydrogen-bond donors (Lipinski definition) is 0. The number of aromatic nitrogens is 3. The third-order valence-electron chi connectivity index (χ3n) is 4.77. The Kier molecular flexibility index (Phi) is 3.91. The summed E-state index contributed by atoms with van der Waals surface area (Å²) in [7, 11) is 0. The summed E-state index contributed by atoms with van der Waals surface area (Å²) in [5.74, 6) is 1.05. The molecule has 0 fully saturated rings. The summed E-state index contributed by atoms with van der Waals surface area (Å²) in [6, 6.07) is 17.5. The van der Waals surface area contributed by atoms with Crippen molar-refractivity contribution < 1.29 is 14.3 Å². The number of oxazole rings is 1. The van der Waals surface area contributed by atoms with Crippen molar-refractivity contribution >= 4 is 22.0 Å². The van der Waals surface area contributed by atoms with Crippen LogP contribution in [0.1, 0.15) is 11.1 Å². The van der Waals surface area contributed by atoms with E-state index >= 15 is 0 Å². The first-order valence-electron chi connectivity index (χ1n) is 9.16. The molecule has 0 aliphatic heterocycles. The van der Waals surface area contributed by atoms with Crippen molar-refractivity contribution in [2.24, 2.45) is 0 Å². The average Bonchev–Trinajstić information content (AvgIpc) is 3.15. The van der Waals surface area contributed by atoms with Crippen LogP contribution < -0.4 is 4.74 Å². The summed E-state index contributed by atoms with van der Waals surface area (Å²) in [5, 5.41) is 14.1. The molecule has 141 valence electrons. The average molecular weight is 382 g/mol. The van der Waals surface area contributed by atoms with Gasteiger partial charge in [0.2, 0.25) is 5.89 Å². The molecular weight excluding hydrogens is 366 g/mol. The van der Waals surface area contributed by atoms with Gasteiger partial charge in [0, 0.05) is 5.56 Å². The van der Waals surface area contributed by atoms with E-state index in [9.17, 15) is 5.11 Å². The van der Waals surface area contributed by atoms with Gasteiger partial charge in [0.1, 0.15) is 11.3 Å². The van der Waals surface area contributed by atoms with Crippen LogP contribution >= 0.6 is 0 Å². The Morgan fingerprint density at radius 3 is 2.45 bits per heavy atom. The number of fused-ring (bicyclic) bond motifs is 2. The highest BCUT2D eigenvalue weighted by molar-refractivity contribution is 5.83. The summed E-state index contributed by atoms with van der Waals surface area (Å²) in [5.41, 5.74) is 2.87. The van der Waals surface area contributed by atoms with E-state index in [1.165, 1.54) is 0 Å². The van der Waals surface area contributed by atoms with Crippen LogP contribution in [0.25, 0.3) is 33.5 Å². The van der Waals surface area contributed by atoms with Gasteiger partial charge < -0.3 is 9.15 Å². The Morgan fingerprint density at radius 2 is 1.66 bits per heavy atom. The summed E-state index contributed by atoms with van der Waals surface area (Å²) >= 11 is 0. The van der Waals surface area contributed by atoms with Crippen LogP contribution in [0.4, 0.5) is 0 Å². The minimum atomic E-state index is 0.0238. The van der Waals surface area contributed by atoms with Crippen LogP contribution in [0.2, 0.25) is 0 Å². The van der Waals surface area contributed by atoms with Gasteiger partial charge in [-0.1, -0.05) is 30.3 Å². The van der Waals surface area contributed by atoms with Gasteiger partial charge >= 0.3 is 6.01 Å². The fourth-order valence-electron chi connectivity index (χ4n) is 3.30. The molecule has 0 saturated heterocycles. The predicted octanol–water partition coefficient (Wildman–Crippen LogP) is 5.99. The smallest absolute Gasteiger partial charge is 0.325 e. The molecule has 0 aliphatic carbocycles. The second kappa shape index (κ2) is 6.60. The molecular formula is C23H16N3O3. The molecule has 1 radical (unpaired) electrons. The maximum atomic E-state index is 11.9. The minimum Gasteiger partial charge on any atom is -0.424 e. The van der Waals surface area contributed by atoms with Crippen LogP contribution in [0, 0.1) is 13.8 Å². The maximum absolute atomic E-state index is 11.9. The highest BCUT2D eigenvalue weighted by Gasteiger charge is 2.14. The van der Waals surface area contributed by atoms with E-state index in [0.29, 0.717) is 34.0 Å². The van der Waals surface area contributed by atoms with E-state index in [4.69, 9.17) is 9.15 Å². The second-order valence-electron chi connectivity index (χ2n) is 6.91. The molecule has 0 unspecified atom stereocenters. The number of nitrogens with zero attached hydrogens (tertiary/aromatic N) is 3. The summed E-state index contributed by atoms with van der Waals surface area (Å²) in [4.78, 5) is 13.0. The molecule has 0 amide bonds. The highest BCUT2D eigenvalue weighted by atomic mass is 16.5. The van der Waals surface area contributed by atoms with Crippen LogP contribution in [0.5, 0.6) is 17.5 Å². The largest absolute Gasteiger partial charge is 0.424 e. The molecule has 0 spiro atoms. The van der Waals surface area contributed by atoms with Crippen molar-refractivity contribution in [3.63, 3.8) is 0 Å². The molecule has 3 aromatic carbocycles. The molecule has 0 aliphatic rings. The topological polar surface area (TPSA) is 80.9 Å². The van der Waals surface area contributed by atoms with Gasteiger partial charge in [-0.2, -0.15) is 4.98 Å². The van der Waals surface area contributed by atoms with Gasteiger partial charge in [-0.05, 0) is 60.0 Å². The second-order valence-corrected chi connectivity index (χ2v) is 6.91. The number of aryl methyl sites for hydroxylation is 2. The standard InChI is InChI=1S/C23H16N3O3/c1-13-9-17(10-14(2)20(13)27)21-25-19-12-24-23(26-22(19)29-21)28-18-8-7-15-5-3-4-6-16(15)11-18/h3-12H,1-2H3. The van der Waals surface area contributed by atoms with Crippen molar-refractivity contribution in [3.8, 4) is 29.0 Å². The number of ether oxygens (including phenoxy) is 1. The molecule has 0 bridgehead atoms. The maximum Gasteiger partial charge on any atom is 0.325 e. The monoisotopic (exact) mass is 382 g/mol. The van der Waals surface area contributed by atoms with E-state index < -0.39 is 0 Å². The Labute approximate surface area is 166 Å². The molecule has 0 atom stereocenters. The lowest BCUT2D eigenvalue weighted by atomic mass is 10.1. The summed E-state index contributed by atoms with van der Waals surface area (Å²) in [6.45, 7) is 3.55. The van der Waals surface area contributed by atoms with Gasteiger partial charge in [-0.3, -0.25) is 5.11 Å². The third kappa shape index (κ3) is 3.14. The molecule has 0 N–H and O–H groups in total. The lowest BCUT2D eigenvalue weighted by Crippen LogP contribution is -1.91. The third-order valence-corrected chi connectivity index (χ3v) is 4.77. The Hall–Kier alpha value is -3.93. The molecule has 6 nitrogen and oxygen atoms in total. The molecule has 5 rings (SSSR count). The predicted molar refractivity (Wildman–Crippen MR) is 109 cm³/mol. The minimum absolute atomic E-state index is 0.0238. The van der Waals surface area contributed by atoms with Gasteiger partial charge in [0.15, 0.2) is 5.75 Å². The molecule has 5 aromatic rings. The zero-order chi connectivity index (χ0) is 20.0. The van der Waals surface area contributed by atoms with Crippen LogP contribution in [0.15, 0.2) is 65.2 Å². The first-order valence-corrected chi connectivity index (χ1v) is 9.16. The Morgan fingerprint density at radius 1 is 0.897 bits per heavy atom. The van der Waals surface area contributed by atoms with Crippen LogP contribution in [-0.2, 0) is 5.11 Å². The zero-order valence-corrected chi connectivity index (χ0v) is 15.8. The molecule has 29 heavy (non-hydrogen) atoms. The molecule has 2 heterocycles.